The van der Waals surface area contributed by atoms with E-state index >= 15 is 0 Å². The zero-order chi connectivity index (χ0) is 57.8. The van der Waals surface area contributed by atoms with Gasteiger partial charge in [-0.2, -0.15) is 0 Å². The van der Waals surface area contributed by atoms with Gasteiger partial charge in [0.05, 0.1) is 38.0 Å². The first-order valence-corrected chi connectivity index (χ1v) is 25.2. The van der Waals surface area contributed by atoms with Crippen LogP contribution in [0.3, 0.4) is 0 Å². The molecule has 0 saturated carbocycles. The van der Waals surface area contributed by atoms with Crippen LogP contribution in [0, 0.1) is 11.8 Å². The summed E-state index contributed by atoms with van der Waals surface area (Å²) in [5.41, 5.74) is 17.7. The highest BCUT2D eigenvalue weighted by atomic mass is 16.4. The van der Waals surface area contributed by atoms with E-state index in [1.165, 1.54) is 38.1 Å². The van der Waals surface area contributed by atoms with E-state index in [0.29, 0.717) is 37.8 Å². The van der Waals surface area contributed by atoms with Crippen molar-refractivity contribution in [3.8, 4) is 5.75 Å². The Kier molecular flexibility index (Phi) is 31.0. The van der Waals surface area contributed by atoms with Crippen molar-refractivity contribution in [2.75, 3.05) is 32.8 Å². The predicted molar refractivity (Wildman–Crippen MR) is 274 cm³/mol. The summed E-state index contributed by atoms with van der Waals surface area (Å²) in [6.45, 7) is 6.61. The molecule has 0 aliphatic heterocycles. The van der Waals surface area contributed by atoms with E-state index in [2.05, 4.69) is 42.5 Å². The molecule has 0 aliphatic carbocycles. The van der Waals surface area contributed by atoms with Gasteiger partial charge < -0.3 is 95.7 Å². The maximum absolute atomic E-state index is 13.8. The minimum atomic E-state index is -1.79. The topological polar surface area (TPSA) is 478 Å². The molecule has 0 unspecified atom stereocenters. The second-order valence-corrected chi connectivity index (χ2v) is 18.8. The number of carbonyl (C=O) groups excluding carboxylic acids is 9. The van der Waals surface area contributed by atoms with Crippen LogP contribution < -0.4 is 65.1 Å². The van der Waals surface area contributed by atoms with E-state index in [4.69, 9.17) is 17.2 Å². The molecule has 76 heavy (non-hydrogen) atoms. The predicted octanol–water partition coefficient (Wildman–Crippen LogP) is -5.95. The lowest BCUT2D eigenvalue weighted by atomic mass is 9.98. The first-order valence-electron chi connectivity index (χ1n) is 25.2. The van der Waals surface area contributed by atoms with Crippen molar-refractivity contribution >= 4 is 59.1 Å². The molecule has 1 rings (SSSR count). The minimum absolute atomic E-state index is 0.0766. The fraction of sp³-hybridized carbons (Fsp3) is 0.667. The summed E-state index contributed by atoms with van der Waals surface area (Å²) in [6, 6.07) is -7.97. The summed E-state index contributed by atoms with van der Waals surface area (Å²) in [7, 11) is 0. The molecule has 0 aromatic heterocycles. The third-order valence-corrected chi connectivity index (χ3v) is 12.2. The first kappa shape index (κ1) is 67.5. The SMILES string of the molecule is CC[C@H](C)[C@H](N)C(=O)N[C@@H](CCCCN)C(=O)N[C@@H](CO)C(=O)N[C@@H](CCCCN)C(=O)N[C@@H](CO)C(=O)N[C@@H](Cc1ccc(O)cc1)C(=O)NCC(=O)N[C@H](C(=O)N[C@H](C(=O)N[C@H](C(=O)O)[C@@H](C)O)[C@@H](C)O)C(C)C. The van der Waals surface area contributed by atoms with Crippen LogP contribution in [0.2, 0.25) is 0 Å². The summed E-state index contributed by atoms with van der Waals surface area (Å²) >= 11 is 0. The van der Waals surface area contributed by atoms with Crippen LogP contribution in [0.15, 0.2) is 24.3 Å². The van der Waals surface area contributed by atoms with Crippen molar-refractivity contribution in [2.24, 2.45) is 29.0 Å². The highest BCUT2D eigenvalue weighted by Gasteiger charge is 2.36. The van der Waals surface area contributed by atoms with Gasteiger partial charge in [-0.25, -0.2) is 4.79 Å². The lowest BCUT2D eigenvalue weighted by molar-refractivity contribution is -0.146. The lowest BCUT2D eigenvalue weighted by Gasteiger charge is -2.28. The van der Waals surface area contributed by atoms with Crippen LogP contribution in [-0.4, -0.2) is 189 Å². The Balaban J connectivity index is 3.30. The molecule has 1 aromatic rings. The normalized spacial score (nSPS) is 16.0. The number of carboxylic acid groups (broad SMARTS) is 1. The summed E-state index contributed by atoms with van der Waals surface area (Å²) in [6.07, 6.45) is -1.22. The standard InChI is InChI=1S/C48H82N12O16/c1-7-25(4)36(51)45(72)54-31(13-9-11-19-50)42(69)56-33(22-61)43(70)53-30(12-8-10-18-49)41(68)57-34(23-62)44(71)55-32(20-28-14-16-29(65)17-15-28)40(67)52-21-35(66)58-37(24(2)3)46(73)59-38(26(5)63)47(74)60-39(27(6)64)48(75)76/h14-17,24-27,30-34,36-39,61-65H,7-13,18-23,49-51H2,1-6H3,(H,52,67)(H,53,70)(H,54,72)(H,55,71)(H,56,69)(H,57,68)(H,58,66)(H,59,73)(H,60,74)(H,75,76)/t25-,26+,27+,30-,31-,32-,33-,34-,36-,37-,38-,39-/m0/s1. The summed E-state index contributed by atoms with van der Waals surface area (Å²) in [4.78, 5) is 132. The molecule has 1 aromatic carbocycles. The number of hydrogen-bond donors (Lipinski definition) is 18. The Labute approximate surface area is 441 Å². The fourth-order valence-electron chi connectivity index (χ4n) is 7.19. The lowest BCUT2D eigenvalue weighted by Crippen LogP contribution is -2.61. The molecule has 0 aliphatic rings. The molecule has 0 saturated heterocycles. The number of nitrogens with one attached hydrogen (secondary N) is 9. The Hall–Kier alpha value is -6.56. The molecule has 0 radical (unpaired) electrons. The van der Waals surface area contributed by atoms with Crippen molar-refractivity contribution < 1.29 is 78.6 Å². The van der Waals surface area contributed by atoms with E-state index in [1.54, 1.807) is 6.92 Å². The number of benzene rings is 1. The highest BCUT2D eigenvalue weighted by molar-refractivity contribution is 5.98. The Morgan fingerprint density at radius 1 is 0.526 bits per heavy atom. The molecule has 28 nitrogen and oxygen atoms in total. The molecule has 430 valence electrons. The van der Waals surface area contributed by atoms with Crippen LogP contribution in [0.4, 0.5) is 0 Å². The Morgan fingerprint density at radius 2 is 0.947 bits per heavy atom. The van der Waals surface area contributed by atoms with Crippen LogP contribution in [0.1, 0.15) is 92.1 Å². The molecule has 28 heteroatoms. The number of nitrogens with two attached hydrogens (primary N) is 3. The number of unbranched alkanes of at least 4 members (excludes halogenated alkanes) is 2. The monoisotopic (exact) mass is 1080 g/mol. The summed E-state index contributed by atoms with van der Waals surface area (Å²) in [5.74, 6) is -11.3. The summed E-state index contributed by atoms with van der Waals surface area (Å²) in [5, 5.41) is 81.0. The fourth-order valence-corrected chi connectivity index (χ4v) is 7.19. The van der Waals surface area contributed by atoms with Crippen molar-refractivity contribution in [2.45, 2.75) is 159 Å². The van der Waals surface area contributed by atoms with Gasteiger partial charge in [-0.05, 0) is 95.0 Å². The number of aliphatic hydroxyl groups is 4. The zero-order valence-corrected chi connectivity index (χ0v) is 44.0. The van der Waals surface area contributed by atoms with Crippen LogP contribution in [-0.2, 0) is 54.4 Å². The number of aromatic hydroxyl groups is 1. The van der Waals surface area contributed by atoms with E-state index < -0.39 is 151 Å². The van der Waals surface area contributed by atoms with Crippen molar-refractivity contribution in [3.05, 3.63) is 29.8 Å². The van der Waals surface area contributed by atoms with E-state index in [0.717, 1.165) is 13.8 Å². The van der Waals surface area contributed by atoms with Gasteiger partial charge in [0.15, 0.2) is 6.04 Å². The number of phenols is 1. The Morgan fingerprint density at radius 3 is 1.37 bits per heavy atom. The quantitative estimate of drug-likeness (QED) is 0.0278. The van der Waals surface area contributed by atoms with Crippen LogP contribution >= 0.6 is 0 Å². The first-order chi connectivity index (χ1) is 35.8. The molecule has 9 amide bonds. The second-order valence-electron chi connectivity index (χ2n) is 18.8. The smallest absolute Gasteiger partial charge is 0.328 e. The van der Waals surface area contributed by atoms with Gasteiger partial charge in [0.1, 0.15) is 48.0 Å². The maximum Gasteiger partial charge on any atom is 0.328 e. The number of carbonyl (C=O) groups is 10. The highest BCUT2D eigenvalue weighted by Crippen LogP contribution is 2.13. The third kappa shape index (κ3) is 23.5. The largest absolute Gasteiger partial charge is 0.508 e. The Bertz CT molecular complexity index is 2060. The van der Waals surface area contributed by atoms with Gasteiger partial charge in [0.2, 0.25) is 53.2 Å². The third-order valence-electron chi connectivity index (χ3n) is 12.2. The number of carboxylic acids is 1. The second kappa shape index (κ2) is 34.9. The number of aliphatic hydroxyl groups excluding tert-OH is 4. The minimum Gasteiger partial charge on any atom is -0.508 e. The van der Waals surface area contributed by atoms with Crippen LogP contribution in [0.25, 0.3) is 0 Å². The van der Waals surface area contributed by atoms with Gasteiger partial charge in [-0.15, -0.1) is 0 Å². The molecular weight excluding hydrogens is 1000 g/mol. The van der Waals surface area contributed by atoms with Gasteiger partial charge in [0.25, 0.3) is 0 Å². The molecule has 0 bridgehead atoms. The molecule has 12 atom stereocenters. The van der Waals surface area contributed by atoms with E-state index in [-0.39, 0.29) is 43.9 Å². The van der Waals surface area contributed by atoms with E-state index in [1.807, 2.05) is 12.2 Å². The summed E-state index contributed by atoms with van der Waals surface area (Å²) < 4.78 is 0. The zero-order valence-electron chi connectivity index (χ0n) is 44.0. The van der Waals surface area contributed by atoms with Crippen molar-refractivity contribution in [1.29, 1.82) is 0 Å². The van der Waals surface area contributed by atoms with Gasteiger partial charge in [0, 0.05) is 6.42 Å². The van der Waals surface area contributed by atoms with Crippen LogP contribution in [0.5, 0.6) is 5.75 Å². The van der Waals surface area contributed by atoms with Gasteiger partial charge >= 0.3 is 5.97 Å². The molecule has 0 spiro atoms. The molecular formula is C48H82N12O16. The van der Waals surface area contributed by atoms with Crippen molar-refractivity contribution in [1.82, 2.24) is 47.9 Å². The average Bonchev–Trinajstić information content (AvgIpc) is 3.37. The number of aliphatic carboxylic acids is 1. The van der Waals surface area contributed by atoms with E-state index in [9.17, 15) is 78.6 Å². The molecule has 0 heterocycles. The maximum atomic E-state index is 13.8. The molecule has 0 fully saturated rings. The number of phenolic OH excluding ortho intramolecular Hbond substituents is 1. The molecule has 21 N–H and O–H groups in total. The van der Waals surface area contributed by atoms with Crippen molar-refractivity contribution in [3.63, 3.8) is 0 Å². The van der Waals surface area contributed by atoms with Gasteiger partial charge in [-0.1, -0.05) is 46.2 Å². The number of rotatable bonds is 36. The van der Waals surface area contributed by atoms with Gasteiger partial charge in [-0.3, -0.25) is 43.2 Å². The average molecular weight is 1080 g/mol. The number of hydrogen-bond acceptors (Lipinski definition) is 18. The number of amides is 9.